The lowest BCUT2D eigenvalue weighted by Gasteiger charge is -2.19. The van der Waals surface area contributed by atoms with E-state index in [0.29, 0.717) is 18.2 Å². The maximum atomic E-state index is 12.2. The number of hydrogen-bond acceptors (Lipinski definition) is 6. The van der Waals surface area contributed by atoms with Gasteiger partial charge in [0.1, 0.15) is 5.75 Å². The molecule has 1 fully saturated rings. The predicted molar refractivity (Wildman–Crippen MR) is 127 cm³/mol. The van der Waals surface area contributed by atoms with Crippen LogP contribution in [0.4, 0.5) is 0 Å². The van der Waals surface area contributed by atoms with Crippen LogP contribution in [0, 0.1) is 5.92 Å². The van der Waals surface area contributed by atoms with Gasteiger partial charge in [-0.05, 0) is 67.3 Å². The molecule has 0 heterocycles. The normalized spacial score (nSPS) is 13.6. The first-order valence-electron chi connectivity index (χ1n) is 10.8. The Hall–Kier alpha value is -1.24. The Balaban J connectivity index is 0.00000151. The standard InChI is InChI=1S/C22H31ClO4S.CHClO/c23-15-14-21(24)26-16-6-1-2-7-17-28-20-12-10-19(11-13-20)27-22(25)18-8-4-3-5-9-18;2-1-3/h10-13,18H,1-9,14-17H2;1H. The van der Waals surface area contributed by atoms with Crippen LogP contribution < -0.4 is 4.74 Å². The first-order chi connectivity index (χ1) is 15.1. The van der Waals surface area contributed by atoms with Crippen molar-refractivity contribution < 1.29 is 23.9 Å². The monoisotopic (exact) mass is 490 g/mol. The van der Waals surface area contributed by atoms with Crippen molar-refractivity contribution in [1.29, 1.82) is 0 Å². The van der Waals surface area contributed by atoms with Crippen LogP contribution >= 0.6 is 35.0 Å². The average molecular weight is 491 g/mol. The van der Waals surface area contributed by atoms with E-state index in [1.165, 1.54) is 11.3 Å². The zero-order chi connectivity index (χ0) is 22.7. The van der Waals surface area contributed by atoms with Crippen LogP contribution in [0.25, 0.3) is 0 Å². The van der Waals surface area contributed by atoms with Crippen LogP contribution in [-0.4, -0.2) is 35.9 Å². The van der Waals surface area contributed by atoms with E-state index < -0.39 is 0 Å². The predicted octanol–water partition coefficient (Wildman–Crippen LogP) is 6.41. The number of unbranched alkanes of at least 4 members (excludes halogenated alkanes) is 3. The maximum absolute atomic E-state index is 12.2. The van der Waals surface area contributed by atoms with E-state index in [9.17, 15) is 9.59 Å². The summed E-state index contributed by atoms with van der Waals surface area (Å²) in [6, 6.07) is 7.81. The fourth-order valence-corrected chi connectivity index (χ4v) is 4.29. The lowest BCUT2D eigenvalue weighted by atomic mass is 9.89. The summed E-state index contributed by atoms with van der Waals surface area (Å²) in [5.41, 5.74) is 0. The van der Waals surface area contributed by atoms with Gasteiger partial charge in [0, 0.05) is 10.8 Å². The molecule has 5 nitrogen and oxygen atoms in total. The third kappa shape index (κ3) is 13.7. The molecule has 174 valence electrons. The van der Waals surface area contributed by atoms with Crippen molar-refractivity contribution in [3.8, 4) is 5.75 Å². The molecule has 0 aliphatic heterocycles. The van der Waals surface area contributed by atoms with Crippen molar-refractivity contribution in [2.75, 3.05) is 18.2 Å². The fourth-order valence-electron chi connectivity index (χ4n) is 3.22. The minimum atomic E-state index is -0.210. The van der Waals surface area contributed by atoms with Gasteiger partial charge >= 0.3 is 11.9 Å². The third-order valence-electron chi connectivity index (χ3n) is 4.85. The minimum absolute atomic E-state index is 0.0755. The Morgan fingerprint density at radius 3 is 2.32 bits per heavy atom. The number of rotatable bonds is 12. The number of carbonyl (C=O) groups is 3. The van der Waals surface area contributed by atoms with Crippen molar-refractivity contribution in [2.24, 2.45) is 5.92 Å². The number of esters is 2. The lowest BCUT2D eigenvalue weighted by molar-refractivity contribution is -0.143. The second-order valence-electron chi connectivity index (χ2n) is 7.24. The van der Waals surface area contributed by atoms with E-state index in [4.69, 9.17) is 25.9 Å². The van der Waals surface area contributed by atoms with Crippen LogP contribution in [0.3, 0.4) is 0 Å². The quantitative estimate of drug-likeness (QED) is 0.0640. The molecule has 0 unspecified atom stereocenters. The van der Waals surface area contributed by atoms with Gasteiger partial charge in [-0.3, -0.25) is 14.4 Å². The molecule has 8 heteroatoms. The first kappa shape index (κ1) is 27.8. The molecule has 0 bridgehead atoms. The van der Waals surface area contributed by atoms with Crippen LogP contribution in [0.5, 0.6) is 5.75 Å². The maximum Gasteiger partial charge on any atom is 0.314 e. The largest absolute Gasteiger partial charge is 0.466 e. The fraction of sp³-hybridized carbons (Fsp3) is 0.609. The topological polar surface area (TPSA) is 69.7 Å². The number of alkyl halides is 1. The summed E-state index contributed by atoms with van der Waals surface area (Å²) < 4.78 is 10.6. The van der Waals surface area contributed by atoms with E-state index in [0.717, 1.165) is 57.1 Å². The van der Waals surface area contributed by atoms with Crippen LogP contribution in [0.2, 0.25) is 0 Å². The highest BCUT2D eigenvalue weighted by Crippen LogP contribution is 2.27. The molecule has 2 rings (SSSR count). The number of thioether (sulfide) groups is 1. The van der Waals surface area contributed by atoms with Crippen molar-refractivity contribution in [1.82, 2.24) is 0 Å². The molecule has 1 aromatic rings. The zero-order valence-electron chi connectivity index (χ0n) is 17.9. The van der Waals surface area contributed by atoms with Crippen LogP contribution in [-0.2, 0) is 19.1 Å². The number of carbonyl (C=O) groups excluding carboxylic acids is 3. The molecule has 0 aromatic heterocycles. The molecule has 1 aromatic carbocycles. The molecule has 0 amide bonds. The molecule has 0 N–H and O–H groups in total. The molecule has 1 saturated carbocycles. The van der Waals surface area contributed by atoms with E-state index >= 15 is 0 Å². The zero-order valence-corrected chi connectivity index (χ0v) is 20.2. The summed E-state index contributed by atoms with van der Waals surface area (Å²) >= 11 is 11.6. The molecule has 0 spiro atoms. The van der Waals surface area contributed by atoms with E-state index in [2.05, 4.69) is 11.6 Å². The molecule has 0 atom stereocenters. The van der Waals surface area contributed by atoms with Gasteiger partial charge < -0.3 is 9.47 Å². The van der Waals surface area contributed by atoms with E-state index in [1.54, 1.807) is 0 Å². The van der Waals surface area contributed by atoms with Gasteiger partial charge in [-0.15, -0.1) is 23.4 Å². The van der Waals surface area contributed by atoms with Gasteiger partial charge in [0.25, 0.3) is 0 Å². The highest BCUT2D eigenvalue weighted by atomic mass is 35.5. The number of ether oxygens (including phenoxy) is 2. The Morgan fingerprint density at radius 2 is 1.68 bits per heavy atom. The Kier molecular flexibility index (Phi) is 16.4. The van der Waals surface area contributed by atoms with Crippen LogP contribution in [0.1, 0.15) is 64.2 Å². The van der Waals surface area contributed by atoms with Gasteiger partial charge in [-0.25, -0.2) is 0 Å². The summed E-state index contributed by atoms with van der Waals surface area (Å²) in [7, 11) is 0. The summed E-state index contributed by atoms with van der Waals surface area (Å²) in [6.45, 7) is 0.490. The van der Waals surface area contributed by atoms with E-state index in [-0.39, 0.29) is 30.0 Å². The van der Waals surface area contributed by atoms with Crippen molar-refractivity contribution >= 4 is 52.6 Å². The number of hydrogen-bond donors (Lipinski definition) is 0. The second-order valence-corrected chi connectivity index (χ2v) is 8.96. The number of benzene rings is 1. The molecule has 31 heavy (non-hydrogen) atoms. The first-order valence-corrected chi connectivity index (χ1v) is 12.8. The highest BCUT2D eigenvalue weighted by Gasteiger charge is 2.22. The van der Waals surface area contributed by atoms with Gasteiger partial charge in [0.15, 0.2) is 0 Å². The smallest absolute Gasteiger partial charge is 0.314 e. The molecule has 0 radical (unpaired) electrons. The summed E-state index contributed by atoms with van der Waals surface area (Å²) in [5.74, 6) is 2.02. The van der Waals surface area contributed by atoms with Crippen LogP contribution in [0.15, 0.2) is 29.2 Å². The SMILES string of the molecule is O=C(CCCl)OCCCCCCSc1ccc(OC(=O)C2CCCCC2)cc1.O=CCl. The Morgan fingerprint density at radius 1 is 1.03 bits per heavy atom. The Labute approximate surface area is 199 Å². The molecule has 1 aliphatic carbocycles. The van der Waals surface area contributed by atoms with Gasteiger partial charge in [0.05, 0.1) is 18.9 Å². The van der Waals surface area contributed by atoms with Crippen molar-refractivity contribution in [2.45, 2.75) is 69.1 Å². The number of halogens is 2. The molecular weight excluding hydrogens is 459 g/mol. The molecule has 1 aliphatic rings. The van der Waals surface area contributed by atoms with Gasteiger partial charge in [-0.2, -0.15) is 0 Å². The lowest BCUT2D eigenvalue weighted by Crippen LogP contribution is -2.22. The van der Waals surface area contributed by atoms with Gasteiger partial charge in [-0.1, -0.05) is 32.1 Å². The van der Waals surface area contributed by atoms with Gasteiger partial charge in [0.2, 0.25) is 5.75 Å². The molecule has 0 saturated heterocycles. The van der Waals surface area contributed by atoms with E-state index in [1.807, 2.05) is 36.0 Å². The Bertz CT molecular complexity index is 633. The summed E-state index contributed by atoms with van der Waals surface area (Å²) in [6.07, 6.45) is 9.92. The molecular formula is C23H32Cl2O5S. The minimum Gasteiger partial charge on any atom is -0.466 e. The summed E-state index contributed by atoms with van der Waals surface area (Å²) in [5, 5.41) is 0. The second kappa shape index (κ2) is 18.3. The average Bonchev–Trinajstić information content (AvgIpc) is 2.78. The van der Waals surface area contributed by atoms with Crippen molar-refractivity contribution in [3.05, 3.63) is 24.3 Å². The van der Waals surface area contributed by atoms with Crippen molar-refractivity contribution in [3.63, 3.8) is 0 Å². The highest BCUT2D eigenvalue weighted by molar-refractivity contribution is 7.99. The summed E-state index contributed by atoms with van der Waals surface area (Å²) in [4.78, 5) is 33.1. The third-order valence-corrected chi connectivity index (χ3v) is 6.14.